The summed E-state index contributed by atoms with van der Waals surface area (Å²) < 4.78 is 0. The molecule has 0 aliphatic rings. The van der Waals surface area contributed by atoms with Crippen molar-refractivity contribution in [3.05, 3.63) is 82.0 Å². The van der Waals surface area contributed by atoms with Gasteiger partial charge < -0.3 is 10.2 Å². The minimum atomic E-state index is -0.269. The Kier molecular flexibility index (Phi) is 6.41. The summed E-state index contributed by atoms with van der Waals surface area (Å²) in [5.74, 6) is -0.403. The van der Waals surface area contributed by atoms with Gasteiger partial charge in [-0.25, -0.2) is 5.43 Å². The number of benzene rings is 2. The Balaban J connectivity index is 1.60. The number of thiophene rings is 1. The smallest absolute Gasteiger partial charge is 0.271 e. The first kappa shape index (κ1) is 20.3. The normalized spacial score (nSPS) is 11.1. The van der Waals surface area contributed by atoms with Crippen molar-refractivity contribution in [3.63, 3.8) is 0 Å². The molecule has 0 radical (unpaired) electrons. The molecule has 0 bridgehead atoms. The fraction of sp³-hybridized carbons (Fsp3) is 0.136. The van der Waals surface area contributed by atoms with E-state index in [2.05, 4.69) is 15.8 Å². The summed E-state index contributed by atoms with van der Waals surface area (Å²) in [4.78, 5) is 27.0. The second kappa shape index (κ2) is 9.16. The molecule has 1 aromatic heterocycles. The summed E-state index contributed by atoms with van der Waals surface area (Å²) in [5.41, 5.74) is 6.35. The van der Waals surface area contributed by atoms with Crippen LogP contribution in [0.3, 0.4) is 0 Å². The average Bonchev–Trinajstić information content (AvgIpc) is 3.27. The molecule has 3 aromatic rings. The van der Waals surface area contributed by atoms with Crippen molar-refractivity contribution in [2.45, 2.75) is 6.92 Å². The van der Waals surface area contributed by atoms with Crippen LogP contribution in [0.1, 0.15) is 32.5 Å². The Morgan fingerprint density at radius 2 is 1.55 bits per heavy atom. The van der Waals surface area contributed by atoms with Crippen molar-refractivity contribution in [3.8, 4) is 0 Å². The molecule has 0 saturated carbocycles. The fourth-order valence-electron chi connectivity index (χ4n) is 2.57. The Morgan fingerprint density at radius 3 is 2.14 bits per heavy atom. The molecule has 148 valence electrons. The molecule has 0 fully saturated rings. The first-order valence-electron chi connectivity index (χ1n) is 9.01. The molecule has 3 rings (SSSR count). The number of anilines is 2. The third-order valence-corrected chi connectivity index (χ3v) is 5.15. The predicted molar refractivity (Wildman–Crippen MR) is 119 cm³/mol. The van der Waals surface area contributed by atoms with Crippen LogP contribution in [-0.4, -0.2) is 31.6 Å². The van der Waals surface area contributed by atoms with Crippen LogP contribution in [0, 0.1) is 0 Å². The summed E-state index contributed by atoms with van der Waals surface area (Å²) in [7, 11) is 3.89. The summed E-state index contributed by atoms with van der Waals surface area (Å²) >= 11 is 1.39. The maximum absolute atomic E-state index is 12.3. The quantitative estimate of drug-likeness (QED) is 0.475. The zero-order valence-corrected chi connectivity index (χ0v) is 17.3. The molecule has 7 heteroatoms. The molecule has 2 amide bonds. The highest BCUT2D eigenvalue weighted by Gasteiger charge is 2.08. The largest absolute Gasteiger partial charge is 0.378 e. The minimum absolute atomic E-state index is 0.134. The number of rotatable bonds is 6. The van der Waals surface area contributed by atoms with Crippen molar-refractivity contribution in [1.82, 2.24) is 5.43 Å². The molecule has 0 unspecified atom stereocenters. The lowest BCUT2D eigenvalue weighted by Gasteiger charge is -2.12. The van der Waals surface area contributed by atoms with Crippen molar-refractivity contribution in [2.75, 3.05) is 24.3 Å². The summed E-state index contributed by atoms with van der Waals surface area (Å²) in [6, 6.07) is 18.2. The van der Waals surface area contributed by atoms with Crippen LogP contribution in [0.5, 0.6) is 0 Å². The number of hydrogen-bond donors (Lipinski definition) is 2. The third kappa shape index (κ3) is 5.30. The lowest BCUT2D eigenvalue weighted by molar-refractivity contribution is 0.0954. The topological polar surface area (TPSA) is 73.8 Å². The second-order valence-electron chi connectivity index (χ2n) is 6.59. The van der Waals surface area contributed by atoms with Gasteiger partial charge in [0.05, 0.1) is 10.6 Å². The summed E-state index contributed by atoms with van der Waals surface area (Å²) in [6.07, 6.45) is 0. The number of carbonyl (C=O) groups is 2. The van der Waals surface area contributed by atoms with E-state index >= 15 is 0 Å². The lowest BCUT2D eigenvalue weighted by atomic mass is 10.1. The van der Waals surface area contributed by atoms with Crippen molar-refractivity contribution >= 4 is 40.2 Å². The highest BCUT2D eigenvalue weighted by Crippen LogP contribution is 2.15. The van der Waals surface area contributed by atoms with Crippen LogP contribution in [0.25, 0.3) is 0 Å². The highest BCUT2D eigenvalue weighted by molar-refractivity contribution is 7.12. The van der Waals surface area contributed by atoms with E-state index in [-0.39, 0.29) is 11.8 Å². The lowest BCUT2D eigenvalue weighted by Crippen LogP contribution is -2.19. The van der Waals surface area contributed by atoms with Gasteiger partial charge in [0.1, 0.15) is 0 Å². The molecule has 6 nitrogen and oxygen atoms in total. The van der Waals surface area contributed by atoms with Crippen LogP contribution < -0.4 is 15.6 Å². The molecule has 2 aromatic carbocycles. The van der Waals surface area contributed by atoms with Crippen LogP contribution in [0.15, 0.2) is 71.1 Å². The zero-order valence-electron chi connectivity index (χ0n) is 16.5. The zero-order chi connectivity index (χ0) is 20.8. The fourth-order valence-corrected chi connectivity index (χ4v) is 3.19. The van der Waals surface area contributed by atoms with Gasteiger partial charge in [-0.1, -0.05) is 18.2 Å². The molecule has 0 aliphatic carbocycles. The molecular formula is C22H22N4O2S. The van der Waals surface area contributed by atoms with E-state index in [0.29, 0.717) is 21.8 Å². The molecule has 0 aliphatic heterocycles. The van der Waals surface area contributed by atoms with Gasteiger partial charge in [0.15, 0.2) is 0 Å². The van der Waals surface area contributed by atoms with Crippen LogP contribution in [0.4, 0.5) is 11.4 Å². The molecule has 0 saturated heterocycles. The summed E-state index contributed by atoms with van der Waals surface area (Å²) in [6.45, 7) is 1.81. The highest BCUT2D eigenvalue weighted by atomic mass is 32.1. The van der Waals surface area contributed by atoms with Gasteiger partial charge >= 0.3 is 0 Å². The number of amides is 2. The Morgan fingerprint density at radius 1 is 0.897 bits per heavy atom. The summed E-state index contributed by atoms with van der Waals surface area (Å²) in [5, 5.41) is 8.90. The molecule has 0 spiro atoms. The standard InChI is InChI=1S/C22H22N4O2S/c1-15(24-25-21(27)17-8-12-19(13-9-17)26(2)3)16-6-10-18(11-7-16)23-22(28)20-5-4-14-29-20/h4-14H,1-3H3,(H,23,28)(H,25,27). The van der Waals surface area contributed by atoms with E-state index in [1.165, 1.54) is 11.3 Å². The van der Waals surface area contributed by atoms with E-state index in [0.717, 1.165) is 11.3 Å². The predicted octanol–water partition coefficient (Wildman–Crippen LogP) is 4.22. The van der Waals surface area contributed by atoms with E-state index in [4.69, 9.17) is 0 Å². The van der Waals surface area contributed by atoms with Gasteiger partial charge in [-0.15, -0.1) is 11.3 Å². The monoisotopic (exact) mass is 406 g/mol. The maximum atomic E-state index is 12.3. The van der Waals surface area contributed by atoms with E-state index in [9.17, 15) is 9.59 Å². The molecule has 1 heterocycles. The van der Waals surface area contributed by atoms with Crippen molar-refractivity contribution in [2.24, 2.45) is 5.10 Å². The Bertz CT molecular complexity index is 1010. The molecular weight excluding hydrogens is 384 g/mol. The van der Waals surface area contributed by atoms with Gasteiger partial charge in [0.25, 0.3) is 11.8 Å². The van der Waals surface area contributed by atoms with Crippen molar-refractivity contribution < 1.29 is 9.59 Å². The van der Waals surface area contributed by atoms with E-state index in [1.807, 2.05) is 73.8 Å². The first-order valence-corrected chi connectivity index (χ1v) is 9.89. The number of nitrogens with one attached hydrogen (secondary N) is 2. The SMILES string of the molecule is CC(=NNC(=O)c1ccc(N(C)C)cc1)c1ccc(NC(=O)c2cccs2)cc1. The molecule has 2 N–H and O–H groups in total. The number of hydrazone groups is 1. The molecule has 0 atom stereocenters. The first-order chi connectivity index (χ1) is 13.9. The Hall–Kier alpha value is -3.45. The van der Waals surface area contributed by atoms with E-state index < -0.39 is 0 Å². The van der Waals surface area contributed by atoms with Crippen LogP contribution in [0.2, 0.25) is 0 Å². The molecule has 29 heavy (non-hydrogen) atoms. The van der Waals surface area contributed by atoms with Crippen LogP contribution >= 0.6 is 11.3 Å². The second-order valence-corrected chi connectivity index (χ2v) is 7.54. The van der Waals surface area contributed by atoms with Gasteiger partial charge in [-0.2, -0.15) is 5.10 Å². The van der Waals surface area contributed by atoms with E-state index in [1.54, 1.807) is 18.2 Å². The number of hydrogen-bond acceptors (Lipinski definition) is 5. The minimum Gasteiger partial charge on any atom is -0.378 e. The number of carbonyl (C=O) groups excluding carboxylic acids is 2. The maximum Gasteiger partial charge on any atom is 0.271 e. The number of nitrogens with zero attached hydrogens (tertiary/aromatic N) is 2. The van der Waals surface area contributed by atoms with Gasteiger partial charge in [0, 0.05) is 31.0 Å². The van der Waals surface area contributed by atoms with Crippen molar-refractivity contribution in [1.29, 1.82) is 0 Å². The Labute approximate surface area is 173 Å². The third-order valence-electron chi connectivity index (χ3n) is 4.28. The van der Waals surface area contributed by atoms with Gasteiger partial charge in [-0.05, 0) is 60.3 Å². The van der Waals surface area contributed by atoms with Crippen LogP contribution in [-0.2, 0) is 0 Å². The van der Waals surface area contributed by atoms with Gasteiger partial charge in [-0.3, -0.25) is 9.59 Å². The average molecular weight is 407 g/mol. The van der Waals surface area contributed by atoms with Gasteiger partial charge in [0.2, 0.25) is 0 Å².